The van der Waals surface area contributed by atoms with Crippen molar-refractivity contribution in [2.45, 2.75) is 48.5 Å². The number of aryl methyl sites for hydroxylation is 3. The Balaban J connectivity index is 0.00000209. The second kappa shape index (κ2) is 17.8. The van der Waals surface area contributed by atoms with Gasteiger partial charge in [-0.3, -0.25) is 0 Å². The van der Waals surface area contributed by atoms with Crippen molar-refractivity contribution >= 4 is 58.7 Å². The van der Waals surface area contributed by atoms with E-state index < -0.39 is 24.3 Å². The summed E-state index contributed by atoms with van der Waals surface area (Å²) in [7, 11) is 0. The second-order valence-corrected chi connectivity index (χ2v) is 23.1. The molecule has 1 atom stereocenters. The second-order valence-electron chi connectivity index (χ2n) is 14.2. The van der Waals surface area contributed by atoms with Gasteiger partial charge in [0.1, 0.15) is 0 Å². The van der Waals surface area contributed by atoms with E-state index in [1.807, 2.05) is 0 Å². The van der Waals surface area contributed by atoms with Crippen molar-refractivity contribution in [1.82, 2.24) is 0 Å². The number of halogens is 3. The van der Waals surface area contributed by atoms with Gasteiger partial charge in [0.05, 0.1) is 0 Å². The first-order valence-electron chi connectivity index (χ1n) is 17.9. The van der Waals surface area contributed by atoms with E-state index in [-0.39, 0.29) is 37.2 Å². The summed E-state index contributed by atoms with van der Waals surface area (Å²) in [5.74, 6) is -2.38. The monoisotopic (exact) mass is 806 g/mol. The van der Waals surface area contributed by atoms with Gasteiger partial charge in [-0.2, -0.15) is 0 Å². The van der Waals surface area contributed by atoms with E-state index in [9.17, 15) is 0 Å². The maximum Gasteiger partial charge on any atom is -0.147 e. The fourth-order valence-corrected chi connectivity index (χ4v) is 22.4. The molecule has 0 radical (unpaired) electrons. The van der Waals surface area contributed by atoms with Crippen LogP contribution in [0.15, 0.2) is 166 Å². The fraction of sp³-hybridized carbons (Fsp3) is 0.167. The first-order valence-corrected chi connectivity index (χ1v) is 23.0. The predicted molar refractivity (Wildman–Crippen MR) is 236 cm³/mol. The van der Waals surface area contributed by atoms with E-state index in [1.165, 1.54) is 82.4 Å². The first-order chi connectivity index (χ1) is 24.2. The van der Waals surface area contributed by atoms with Crippen molar-refractivity contribution in [1.29, 1.82) is 0 Å². The molecule has 0 aromatic heterocycles. The maximum absolute atomic E-state index is 2.83. The van der Waals surface area contributed by atoms with Gasteiger partial charge in [-0.15, -0.1) is 37.2 Å². The van der Waals surface area contributed by atoms with Crippen molar-refractivity contribution in [3.8, 4) is 33.4 Å². The van der Waals surface area contributed by atoms with E-state index in [2.05, 4.69) is 194 Å². The van der Waals surface area contributed by atoms with Gasteiger partial charge in [-0.25, -0.2) is 0 Å². The number of hydrogen-bond acceptors (Lipinski definition) is 0. The molecule has 0 aliphatic heterocycles. The molecule has 0 nitrogen and oxygen atoms in total. The minimum Gasteiger partial charge on any atom is -0.147 e. The molecule has 6 aromatic carbocycles. The fourth-order valence-electron chi connectivity index (χ4n) is 8.03. The Hall–Kier alpha value is -3.40. The molecule has 0 saturated carbocycles. The predicted octanol–water partition coefficient (Wildman–Crippen LogP) is 12.2. The van der Waals surface area contributed by atoms with Crippen LogP contribution < -0.4 is 15.6 Å². The molecule has 1 unspecified atom stereocenters. The molecule has 0 bridgehead atoms. The number of benzene rings is 6. The van der Waals surface area contributed by atoms with Gasteiger partial charge in [0.15, 0.2) is 0 Å². The summed E-state index contributed by atoms with van der Waals surface area (Å²) >= 11 is -0.790. The zero-order valence-corrected chi connectivity index (χ0v) is 36.7. The van der Waals surface area contributed by atoms with Gasteiger partial charge in [0.25, 0.3) is 0 Å². The van der Waals surface area contributed by atoms with Gasteiger partial charge in [-0.05, 0) is 0 Å². The number of allylic oxidation sites excluding steroid dienone is 4. The molecule has 7 rings (SSSR count). The summed E-state index contributed by atoms with van der Waals surface area (Å²) in [5.41, 5.74) is 16.5. The van der Waals surface area contributed by atoms with Crippen LogP contribution in [0.5, 0.6) is 0 Å². The smallest absolute Gasteiger partial charge is 0.147 e. The Morgan fingerprint density at radius 2 is 0.755 bits per heavy atom. The standard InChI is InChI=1S/C39H33Si.C9H13.3ClH.Ti/c1-28-13-10-16-31(25-28)34-19-4-7-22-37(34)40(38-23-8-5-20-35(38)32-17-11-14-29(2)26-32)39-24-9-6-21-36(39)33-18-12-15-30(3)27-33;1-6-5-7(2)9(4)8(6)3;;;;/h4-27H,1-3H3;6H,1-4H3;3*1H;. The van der Waals surface area contributed by atoms with Crippen LogP contribution in [-0.2, 0) is 18.4 Å². The molecule has 1 aliphatic carbocycles. The van der Waals surface area contributed by atoms with E-state index in [4.69, 9.17) is 0 Å². The third kappa shape index (κ3) is 8.04. The molecule has 0 saturated heterocycles. The third-order valence-electron chi connectivity index (χ3n) is 10.9. The summed E-state index contributed by atoms with van der Waals surface area (Å²) in [4.78, 5) is 0. The van der Waals surface area contributed by atoms with Crippen LogP contribution in [0.4, 0.5) is 0 Å². The van der Waals surface area contributed by atoms with Gasteiger partial charge in [0.2, 0.25) is 0 Å². The Kier molecular flexibility index (Phi) is 14.2. The summed E-state index contributed by atoms with van der Waals surface area (Å²) in [6.07, 6.45) is 0. The van der Waals surface area contributed by atoms with Crippen LogP contribution in [0.25, 0.3) is 33.4 Å². The van der Waals surface area contributed by atoms with Crippen LogP contribution in [0.2, 0.25) is 0 Å². The van der Waals surface area contributed by atoms with Crippen molar-refractivity contribution in [2.24, 2.45) is 5.92 Å². The third-order valence-corrected chi connectivity index (χ3v) is 23.4. The Bertz CT molecular complexity index is 2090. The summed E-state index contributed by atoms with van der Waals surface area (Å²) in [6.45, 7) is 16.3. The maximum atomic E-state index is 2.51. The quantitative estimate of drug-likeness (QED) is 0.106. The summed E-state index contributed by atoms with van der Waals surface area (Å²) in [6, 6.07) is 55.8. The molecule has 1 aliphatic rings. The molecule has 0 amide bonds. The van der Waals surface area contributed by atoms with E-state index in [0.717, 1.165) is 0 Å². The molecular weight excluding hydrogens is 759 g/mol. The molecule has 0 fully saturated rings. The van der Waals surface area contributed by atoms with E-state index in [1.54, 1.807) is 3.88 Å². The average molecular weight is 808 g/mol. The molecular formula is C48H49Cl3SiTi. The largest absolute Gasteiger partial charge is 0.147 e. The number of hydrogen-bond donors (Lipinski definition) is 0. The molecule has 270 valence electrons. The van der Waals surface area contributed by atoms with Crippen LogP contribution in [0, 0.1) is 26.7 Å². The molecule has 0 heterocycles. The minimum absolute atomic E-state index is 0. The SMILES string of the molecule is CC1=C(C)C(C)[C]([Ti][Si](c2ccccc2-c2cccc(C)c2)(c2ccccc2-c2cccc(C)c2)c2ccccc2-c2cccc(C)c2)=C1C.Cl.Cl.Cl. The van der Waals surface area contributed by atoms with Crippen molar-refractivity contribution in [2.75, 3.05) is 0 Å². The molecule has 6 aromatic rings. The topological polar surface area (TPSA) is 0 Å². The Morgan fingerprint density at radius 3 is 1.06 bits per heavy atom. The van der Waals surface area contributed by atoms with Gasteiger partial charge in [-0.1, -0.05) is 0 Å². The summed E-state index contributed by atoms with van der Waals surface area (Å²) < 4.78 is 1.71. The van der Waals surface area contributed by atoms with Crippen molar-refractivity contribution in [3.63, 3.8) is 0 Å². The summed E-state index contributed by atoms with van der Waals surface area (Å²) in [5, 5.41) is 4.58. The van der Waals surface area contributed by atoms with Gasteiger partial charge < -0.3 is 0 Å². The van der Waals surface area contributed by atoms with Crippen molar-refractivity contribution < 1.29 is 18.4 Å². The van der Waals surface area contributed by atoms with E-state index >= 15 is 0 Å². The zero-order valence-electron chi connectivity index (χ0n) is 31.7. The van der Waals surface area contributed by atoms with Crippen LogP contribution >= 0.6 is 37.2 Å². The van der Waals surface area contributed by atoms with Crippen LogP contribution in [0.1, 0.15) is 44.4 Å². The molecule has 53 heavy (non-hydrogen) atoms. The first kappa shape index (κ1) is 42.3. The Morgan fingerprint density at radius 1 is 0.415 bits per heavy atom. The average Bonchev–Trinajstić information content (AvgIpc) is 3.31. The Labute approximate surface area is 345 Å². The zero-order chi connectivity index (χ0) is 35.0. The van der Waals surface area contributed by atoms with Crippen molar-refractivity contribution in [3.05, 3.63) is 183 Å². The molecule has 0 N–H and O–H groups in total. The normalized spacial score (nSPS) is 13.9. The molecule has 0 spiro atoms. The van der Waals surface area contributed by atoms with Crippen LogP contribution in [-0.4, -0.2) is 5.94 Å². The van der Waals surface area contributed by atoms with E-state index in [0.29, 0.717) is 5.92 Å². The molecule has 5 heteroatoms. The van der Waals surface area contributed by atoms with Gasteiger partial charge >= 0.3 is 311 Å². The van der Waals surface area contributed by atoms with Crippen LogP contribution in [0.3, 0.4) is 0 Å². The van der Waals surface area contributed by atoms with Gasteiger partial charge in [0, 0.05) is 0 Å². The minimum atomic E-state index is -2.83. The number of rotatable bonds is 8.